The molecule has 2 N–H and O–H groups in total. The minimum atomic E-state index is -3.66. The van der Waals surface area contributed by atoms with Crippen LogP contribution in [0.3, 0.4) is 0 Å². The minimum absolute atomic E-state index is 0.00547. The van der Waals surface area contributed by atoms with Crippen LogP contribution in [0.15, 0.2) is 44.6 Å². The lowest BCUT2D eigenvalue weighted by Gasteiger charge is -2.35. The second kappa shape index (κ2) is 7.51. The zero-order chi connectivity index (χ0) is 22.6. The van der Waals surface area contributed by atoms with E-state index in [4.69, 9.17) is 4.42 Å². The first-order valence-corrected chi connectivity index (χ1v) is 12.0. The van der Waals surface area contributed by atoms with Crippen LogP contribution in [0.1, 0.15) is 62.8 Å². The fraction of sp³-hybridized carbons (Fsp3) is 0.478. The normalized spacial score (nSPS) is 23.2. The topological polar surface area (TPSA) is 101 Å². The molecule has 31 heavy (non-hydrogen) atoms. The third-order valence-corrected chi connectivity index (χ3v) is 7.28. The van der Waals surface area contributed by atoms with Gasteiger partial charge in [-0.3, -0.25) is 14.5 Å². The van der Waals surface area contributed by atoms with Crippen LogP contribution in [0.25, 0.3) is 0 Å². The summed E-state index contributed by atoms with van der Waals surface area (Å²) in [5.74, 6) is 1.63. The molecule has 0 radical (unpaired) electrons. The molecular weight excluding hydrogens is 414 g/mol. The van der Waals surface area contributed by atoms with Gasteiger partial charge in [0.1, 0.15) is 23.4 Å². The number of carbonyl (C=O) groups is 1. The number of hydrogen-bond donors (Lipinski definition) is 2. The Morgan fingerprint density at radius 1 is 1.29 bits per heavy atom. The third-order valence-electron chi connectivity index (χ3n) is 5.88. The zero-order valence-electron chi connectivity index (χ0n) is 18.5. The van der Waals surface area contributed by atoms with Gasteiger partial charge in [-0.1, -0.05) is 39.8 Å². The molecule has 166 valence electrons. The maximum absolute atomic E-state index is 13.3. The molecule has 7 nitrogen and oxygen atoms in total. The maximum Gasteiger partial charge on any atom is 0.263 e. The van der Waals surface area contributed by atoms with Crippen LogP contribution in [-0.2, 0) is 21.2 Å². The van der Waals surface area contributed by atoms with E-state index in [1.165, 1.54) is 6.07 Å². The molecule has 0 bridgehead atoms. The summed E-state index contributed by atoms with van der Waals surface area (Å²) in [6.45, 7) is 10.1. The zero-order valence-corrected chi connectivity index (χ0v) is 19.3. The van der Waals surface area contributed by atoms with Crippen LogP contribution in [0.2, 0.25) is 0 Å². The minimum Gasteiger partial charge on any atom is -0.466 e. The molecule has 0 spiro atoms. The number of furan rings is 1. The predicted molar refractivity (Wildman–Crippen MR) is 118 cm³/mol. The van der Waals surface area contributed by atoms with Crippen molar-refractivity contribution in [2.75, 3.05) is 0 Å². The number of nitrogens with zero attached hydrogens (tertiary/aromatic N) is 1. The number of carbonyl (C=O) groups excluding carboxylic acids is 1. The first-order chi connectivity index (χ1) is 14.5. The van der Waals surface area contributed by atoms with E-state index in [9.17, 15) is 13.2 Å². The quantitative estimate of drug-likeness (QED) is 0.755. The number of rotatable bonds is 4. The van der Waals surface area contributed by atoms with E-state index in [0.29, 0.717) is 5.56 Å². The Hall–Kier alpha value is -2.61. The number of hydrogen-bond acceptors (Lipinski definition) is 5. The van der Waals surface area contributed by atoms with Crippen LogP contribution >= 0.6 is 0 Å². The molecule has 1 aliphatic heterocycles. The van der Waals surface area contributed by atoms with Crippen molar-refractivity contribution in [2.24, 2.45) is 16.3 Å². The molecular formula is C23H29N3O4S. The summed E-state index contributed by atoms with van der Waals surface area (Å²) in [7, 11) is -3.66. The summed E-state index contributed by atoms with van der Waals surface area (Å²) in [5.41, 5.74) is 1.51. The number of aryl methyl sites for hydroxylation is 1. The molecule has 2 aromatic rings. The molecule has 1 unspecified atom stereocenters. The molecule has 1 aromatic heterocycles. The summed E-state index contributed by atoms with van der Waals surface area (Å²) in [6.07, 6.45) is 1.62. The van der Waals surface area contributed by atoms with Gasteiger partial charge in [0.15, 0.2) is 0 Å². The van der Waals surface area contributed by atoms with Crippen LogP contribution in [0, 0.1) is 18.3 Å². The molecule has 0 saturated heterocycles. The summed E-state index contributed by atoms with van der Waals surface area (Å²) in [6, 6.07) is 7.76. The number of nitrogens with one attached hydrogen (secondary N) is 2. The van der Waals surface area contributed by atoms with Crippen LogP contribution < -0.4 is 10.0 Å². The molecule has 2 heterocycles. The highest BCUT2D eigenvalue weighted by atomic mass is 32.2. The van der Waals surface area contributed by atoms with E-state index in [1.54, 1.807) is 18.2 Å². The number of benzene rings is 1. The molecule has 1 aliphatic carbocycles. The number of amidine groups is 1. The fourth-order valence-corrected chi connectivity index (χ4v) is 5.69. The first kappa shape index (κ1) is 21.6. The summed E-state index contributed by atoms with van der Waals surface area (Å²) in [4.78, 5) is 18.1. The highest BCUT2D eigenvalue weighted by Crippen LogP contribution is 2.42. The SMILES string of the molecule is Cc1cc2c(o1)CC(C)(C)CC2NC(=O)[C@@H](N=C1NS(=O)(=O)c2ccccc21)C(C)C. The molecule has 0 saturated carbocycles. The summed E-state index contributed by atoms with van der Waals surface area (Å²) < 4.78 is 33.2. The Kier molecular flexibility index (Phi) is 5.24. The van der Waals surface area contributed by atoms with Crippen molar-refractivity contribution in [1.29, 1.82) is 0 Å². The van der Waals surface area contributed by atoms with Crippen LogP contribution in [0.5, 0.6) is 0 Å². The van der Waals surface area contributed by atoms with E-state index < -0.39 is 16.1 Å². The molecule has 1 aromatic carbocycles. The van der Waals surface area contributed by atoms with Gasteiger partial charge in [-0.15, -0.1) is 0 Å². The van der Waals surface area contributed by atoms with Crippen LogP contribution in [0.4, 0.5) is 0 Å². The lowest BCUT2D eigenvalue weighted by atomic mass is 9.74. The van der Waals surface area contributed by atoms with E-state index in [1.807, 2.05) is 26.8 Å². The van der Waals surface area contributed by atoms with Crippen molar-refractivity contribution in [2.45, 2.75) is 64.4 Å². The standard InChI is InChI=1S/C23H29N3O4S/c1-13(2)20(25-21-15-8-6-7-9-19(15)31(28,29)26-21)22(27)24-17-11-23(4,5)12-18-16(17)10-14(3)30-18/h6-10,13,17,20H,11-12H2,1-5H3,(H,24,27)(H,25,26)/t17?,20-/m0/s1. The Labute approximate surface area is 183 Å². The van der Waals surface area contributed by atoms with E-state index in [0.717, 1.165) is 29.9 Å². The Morgan fingerprint density at radius 2 is 2.00 bits per heavy atom. The fourth-order valence-electron chi connectivity index (χ4n) is 4.45. The Balaban J connectivity index is 1.64. The van der Waals surface area contributed by atoms with Gasteiger partial charge in [-0.25, -0.2) is 8.42 Å². The molecule has 8 heteroatoms. The van der Waals surface area contributed by atoms with E-state index in [2.05, 4.69) is 28.9 Å². The monoisotopic (exact) mass is 443 g/mol. The van der Waals surface area contributed by atoms with Gasteiger partial charge in [-0.2, -0.15) is 0 Å². The smallest absolute Gasteiger partial charge is 0.263 e. The van der Waals surface area contributed by atoms with Crippen molar-refractivity contribution >= 4 is 21.8 Å². The number of aliphatic imine (C=N–C) groups is 1. The van der Waals surface area contributed by atoms with Gasteiger partial charge in [0.05, 0.1) is 10.9 Å². The van der Waals surface area contributed by atoms with Crippen molar-refractivity contribution in [3.8, 4) is 0 Å². The van der Waals surface area contributed by atoms with Gasteiger partial charge in [0, 0.05) is 17.5 Å². The number of fused-ring (bicyclic) bond motifs is 2. The molecule has 4 rings (SSSR count). The van der Waals surface area contributed by atoms with Gasteiger partial charge in [-0.05, 0) is 42.9 Å². The number of amides is 1. The van der Waals surface area contributed by atoms with Gasteiger partial charge >= 0.3 is 0 Å². The lowest BCUT2D eigenvalue weighted by Crippen LogP contribution is -2.43. The van der Waals surface area contributed by atoms with Crippen molar-refractivity contribution < 1.29 is 17.6 Å². The Bertz CT molecular complexity index is 1160. The van der Waals surface area contributed by atoms with Crippen molar-refractivity contribution in [1.82, 2.24) is 10.0 Å². The van der Waals surface area contributed by atoms with E-state index >= 15 is 0 Å². The third kappa shape index (κ3) is 4.13. The molecule has 1 amide bonds. The van der Waals surface area contributed by atoms with Gasteiger partial charge in [0.2, 0.25) is 5.91 Å². The molecule has 0 fully saturated rings. The maximum atomic E-state index is 13.3. The molecule has 2 aliphatic rings. The van der Waals surface area contributed by atoms with Crippen molar-refractivity contribution in [3.05, 3.63) is 53.0 Å². The van der Waals surface area contributed by atoms with E-state index in [-0.39, 0.29) is 34.0 Å². The highest BCUT2D eigenvalue weighted by Gasteiger charge is 2.38. The largest absolute Gasteiger partial charge is 0.466 e. The number of sulfonamides is 1. The Morgan fingerprint density at radius 3 is 2.71 bits per heavy atom. The summed E-state index contributed by atoms with van der Waals surface area (Å²) in [5, 5.41) is 3.16. The first-order valence-electron chi connectivity index (χ1n) is 10.6. The van der Waals surface area contributed by atoms with Gasteiger partial charge in [0.25, 0.3) is 10.0 Å². The molecule has 2 atom stereocenters. The average Bonchev–Trinajstić information content (AvgIpc) is 3.15. The summed E-state index contributed by atoms with van der Waals surface area (Å²) >= 11 is 0. The predicted octanol–water partition coefficient (Wildman–Crippen LogP) is 3.48. The van der Waals surface area contributed by atoms with Crippen LogP contribution in [-0.4, -0.2) is 26.2 Å². The second-order valence-electron chi connectivity index (χ2n) is 9.61. The second-order valence-corrected chi connectivity index (χ2v) is 11.3. The highest BCUT2D eigenvalue weighted by molar-refractivity contribution is 7.90. The van der Waals surface area contributed by atoms with Crippen molar-refractivity contribution in [3.63, 3.8) is 0 Å². The average molecular weight is 444 g/mol. The lowest BCUT2D eigenvalue weighted by molar-refractivity contribution is -0.124. The van der Waals surface area contributed by atoms with Gasteiger partial charge < -0.3 is 9.73 Å².